The first-order valence-corrected chi connectivity index (χ1v) is 7.45. The minimum absolute atomic E-state index is 0.542. The van der Waals surface area contributed by atoms with Crippen LogP contribution in [0.3, 0.4) is 0 Å². The zero-order valence-corrected chi connectivity index (χ0v) is 13.4. The Hall–Kier alpha value is -0.540. The first-order valence-electron chi connectivity index (χ1n) is 6.65. The SMILES string of the molecule is CCC(CC)C(Cc1ccc(OC)c(Br)c1)NC. The Morgan fingerprint density at radius 2 is 1.94 bits per heavy atom. The molecule has 1 rings (SSSR count). The molecule has 1 aromatic carbocycles. The van der Waals surface area contributed by atoms with Gasteiger partial charge in [0.25, 0.3) is 0 Å². The molecule has 1 aromatic rings. The van der Waals surface area contributed by atoms with E-state index in [2.05, 4.69) is 54.3 Å². The molecule has 0 spiro atoms. The number of likely N-dealkylation sites (N-methyl/N-ethyl adjacent to an activating group) is 1. The van der Waals surface area contributed by atoms with E-state index in [9.17, 15) is 0 Å². The van der Waals surface area contributed by atoms with Crippen molar-refractivity contribution in [1.29, 1.82) is 0 Å². The van der Waals surface area contributed by atoms with Crippen LogP contribution in [0, 0.1) is 5.92 Å². The first kappa shape index (κ1) is 15.5. The van der Waals surface area contributed by atoms with Crippen molar-refractivity contribution in [3.05, 3.63) is 28.2 Å². The van der Waals surface area contributed by atoms with E-state index in [-0.39, 0.29) is 0 Å². The van der Waals surface area contributed by atoms with Crippen molar-refractivity contribution >= 4 is 15.9 Å². The maximum Gasteiger partial charge on any atom is 0.133 e. The van der Waals surface area contributed by atoms with Gasteiger partial charge in [0, 0.05) is 6.04 Å². The minimum atomic E-state index is 0.542. The van der Waals surface area contributed by atoms with E-state index in [1.807, 2.05) is 6.07 Å². The molecule has 0 heterocycles. The second-order valence-electron chi connectivity index (χ2n) is 4.64. The summed E-state index contributed by atoms with van der Waals surface area (Å²) in [7, 11) is 3.75. The zero-order chi connectivity index (χ0) is 13.5. The van der Waals surface area contributed by atoms with Crippen molar-refractivity contribution in [3.63, 3.8) is 0 Å². The number of ether oxygens (including phenoxy) is 1. The summed E-state index contributed by atoms with van der Waals surface area (Å²) in [6, 6.07) is 6.88. The lowest BCUT2D eigenvalue weighted by Crippen LogP contribution is -2.35. The Bertz CT molecular complexity index is 364. The lowest BCUT2D eigenvalue weighted by molar-refractivity contribution is 0.349. The Morgan fingerprint density at radius 1 is 1.28 bits per heavy atom. The average molecular weight is 314 g/mol. The van der Waals surface area contributed by atoms with E-state index >= 15 is 0 Å². The fourth-order valence-corrected chi connectivity index (χ4v) is 3.04. The lowest BCUT2D eigenvalue weighted by atomic mass is 9.89. The van der Waals surface area contributed by atoms with Gasteiger partial charge in [0.15, 0.2) is 0 Å². The Morgan fingerprint density at radius 3 is 2.39 bits per heavy atom. The summed E-state index contributed by atoms with van der Waals surface area (Å²) in [6.45, 7) is 4.53. The predicted octanol–water partition coefficient (Wildman–Crippen LogP) is 4.02. The summed E-state index contributed by atoms with van der Waals surface area (Å²) < 4.78 is 6.29. The molecule has 1 unspecified atom stereocenters. The van der Waals surface area contributed by atoms with Crippen LogP contribution < -0.4 is 10.1 Å². The normalized spacial score (nSPS) is 12.8. The van der Waals surface area contributed by atoms with Gasteiger partial charge in [0.05, 0.1) is 11.6 Å². The van der Waals surface area contributed by atoms with Gasteiger partial charge in [-0.1, -0.05) is 32.8 Å². The van der Waals surface area contributed by atoms with Crippen molar-refractivity contribution in [2.24, 2.45) is 5.92 Å². The summed E-state index contributed by atoms with van der Waals surface area (Å²) in [4.78, 5) is 0. The fraction of sp³-hybridized carbons (Fsp3) is 0.600. The van der Waals surface area contributed by atoms with Crippen molar-refractivity contribution in [3.8, 4) is 5.75 Å². The standard InChI is InChI=1S/C15H24BrNO/c1-5-12(6-2)14(17-3)10-11-7-8-15(18-4)13(16)9-11/h7-9,12,14,17H,5-6,10H2,1-4H3. The maximum atomic E-state index is 5.26. The van der Waals surface area contributed by atoms with Gasteiger partial charge in [-0.15, -0.1) is 0 Å². The van der Waals surface area contributed by atoms with Gasteiger partial charge < -0.3 is 10.1 Å². The van der Waals surface area contributed by atoms with Crippen LogP contribution in [-0.2, 0) is 6.42 Å². The molecular formula is C15H24BrNO. The summed E-state index contributed by atoms with van der Waals surface area (Å²) in [5, 5.41) is 3.45. The third-order valence-corrected chi connectivity index (χ3v) is 4.28. The molecule has 102 valence electrons. The molecule has 3 heteroatoms. The van der Waals surface area contributed by atoms with E-state index in [1.54, 1.807) is 7.11 Å². The van der Waals surface area contributed by atoms with E-state index in [4.69, 9.17) is 4.74 Å². The zero-order valence-electron chi connectivity index (χ0n) is 11.8. The molecule has 0 saturated carbocycles. The van der Waals surface area contributed by atoms with Crippen LogP contribution in [0.1, 0.15) is 32.3 Å². The largest absolute Gasteiger partial charge is 0.496 e. The quantitative estimate of drug-likeness (QED) is 0.820. The molecule has 0 bridgehead atoms. The summed E-state index contributed by atoms with van der Waals surface area (Å²) in [5.41, 5.74) is 1.34. The van der Waals surface area contributed by atoms with E-state index < -0.39 is 0 Å². The molecule has 1 atom stereocenters. The summed E-state index contributed by atoms with van der Waals surface area (Å²) in [5.74, 6) is 1.62. The van der Waals surface area contributed by atoms with Gasteiger partial charge in [0.1, 0.15) is 5.75 Å². The molecule has 0 aliphatic rings. The second-order valence-corrected chi connectivity index (χ2v) is 5.50. The smallest absolute Gasteiger partial charge is 0.133 e. The number of halogens is 1. The third kappa shape index (κ3) is 3.99. The van der Waals surface area contributed by atoms with Gasteiger partial charge in [-0.2, -0.15) is 0 Å². The number of hydrogen-bond acceptors (Lipinski definition) is 2. The van der Waals surface area contributed by atoms with Crippen molar-refractivity contribution < 1.29 is 4.74 Å². The Kier molecular flexibility index (Phi) is 6.72. The monoisotopic (exact) mass is 313 g/mol. The van der Waals surface area contributed by atoms with Gasteiger partial charge in [0.2, 0.25) is 0 Å². The van der Waals surface area contributed by atoms with Gasteiger partial charge in [-0.05, 0) is 53.0 Å². The highest BCUT2D eigenvalue weighted by Crippen LogP contribution is 2.27. The highest BCUT2D eigenvalue weighted by atomic mass is 79.9. The van der Waals surface area contributed by atoms with Gasteiger partial charge in [-0.3, -0.25) is 0 Å². The van der Waals surface area contributed by atoms with Crippen LogP contribution in [0.2, 0.25) is 0 Å². The Labute approximate surface area is 119 Å². The number of rotatable bonds is 7. The molecular weight excluding hydrogens is 290 g/mol. The number of nitrogens with one attached hydrogen (secondary N) is 1. The molecule has 2 nitrogen and oxygen atoms in total. The minimum Gasteiger partial charge on any atom is -0.496 e. The first-order chi connectivity index (χ1) is 8.65. The predicted molar refractivity (Wildman–Crippen MR) is 81.3 cm³/mol. The molecule has 0 radical (unpaired) electrons. The van der Waals surface area contributed by atoms with Crippen molar-refractivity contribution in [2.45, 2.75) is 39.2 Å². The fourth-order valence-electron chi connectivity index (χ4n) is 2.45. The van der Waals surface area contributed by atoms with E-state index in [0.717, 1.165) is 22.6 Å². The van der Waals surface area contributed by atoms with Crippen LogP contribution in [0.4, 0.5) is 0 Å². The molecule has 0 fully saturated rings. The van der Waals surface area contributed by atoms with Crippen LogP contribution in [0.5, 0.6) is 5.75 Å². The van der Waals surface area contributed by atoms with Crippen molar-refractivity contribution in [2.75, 3.05) is 14.2 Å². The summed E-state index contributed by atoms with van der Waals surface area (Å²) >= 11 is 3.54. The van der Waals surface area contributed by atoms with Gasteiger partial charge in [-0.25, -0.2) is 0 Å². The van der Waals surface area contributed by atoms with Crippen LogP contribution in [-0.4, -0.2) is 20.2 Å². The molecule has 0 saturated heterocycles. The molecule has 1 N–H and O–H groups in total. The third-order valence-electron chi connectivity index (χ3n) is 3.66. The van der Waals surface area contributed by atoms with Crippen molar-refractivity contribution in [1.82, 2.24) is 5.32 Å². The van der Waals surface area contributed by atoms with E-state index in [0.29, 0.717) is 6.04 Å². The number of methoxy groups -OCH3 is 1. The molecule has 0 amide bonds. The number of benzene rings is 1. The molecule has 0 aliphatic heterocycles. The van der Waals surface area contributed by atoms with Crippen LogP contribution >= 0.6 is 15.9 Å². The van der Waals surface area contributed by atoms with Crippen LogP contribution in [0.25, 0.3) is 0 Å². The van der Waals surface area contributed by atoms with Crippen LogP contribution in [0.15, 0.2) is 22.7 Å². The molecule has 0 aromatic heterocycles. The topological polar surface area (TPSA) is 21.3 Å². The average Bonchev–Trinajstić information content (AvgIpc) is 2.39. The number of hydrogen-bond donors (Lipinski definition) is 1. The highest BCUT2D eigenvalue weighted by molar-refractivity contribution is 9.10. The van der Waals surface area contributed by atoms with Gasteiger partial charge >= 0.3 is 0 Å². The molecule has 0 aliphatic carbocycles. The lowest BCUT2D eigenvalue weighted by Gasteiger charge is -2.25. The summed E-state index contributed by atoms with van der Waals surface area (Å²) in [6.07, 6.45) is 3.50. The Balaban J connectivity index is 2.78. The second kappa shape index (κ2) is 7.80. The highest BCUT2D eigenvalue weighted by Gasteiger charge is 2.17. The maximum absolute atomic E-state index is 5.26. The molecule has 18 heavy (non-hydrogen) atoms. The van der Waals surface area contributed by atoms with E-state index in [1.165, 1.54) is 18.4 Å².